The molecule has 31 heavy (non-hydrogen) atoms. The number of amides is 1. The van der Waals surface area contributed by atoms with Crippen LogP contribution >= 0.6 is 11.8 Å². The molecule has 1 aliphatic carbocycles. The average Bonchev–Trinajstić information content (AvgIpc) is 3.07. The van der Waals surface area contributed by atoms with Crippen molar-refractivity contribution in [3.63, 3.8) is 0 Å². The number of aryl methyl sites for hydroxylation is 1. The van der Waals surface area contributed by atoms with Crippen molar-refractivity contribution in [3.8, 4) is 5.75 Å². The molecule has 2 aromatic rings. The first-order valence-electron chi connectivity index (χ1n) is 10.3. The summed E-state index contributed by atoms with van der Waals surface area (Å²) in [7, 11) is 1.88. The van der Waals surface area contributed by atoms with E-state index in [1.807, 2.05) is 28.4 Å². The molecule has 1 N–H and O–H groups in total. The van der Waals surface area contributed by atoms with Gasteiger partial charge in [-0.05, 0) is 37.0 Å². The number of nitrogens with zero attached hydrogens (tertiary/aromatic N) is 3. The van der Waals surface area contributed by atoms with E-state index in [0.717, 1.165) is 48.7 Å². The summed E-state index contributed by atoms with van der Waals surface area (Å²) >= 11 is 1.85. The van der Waals surface area contributed by atoms with Gasteiger partial charge in [-0.2, -0.15) is 16.9 Å². The number of halogens is 3. The predicted octanol–water partition coefficient (Wildman–Crippen LogP) is 3.15. The molecular formula is C21H25F3N4O2S. The van der Waals surface area contributed by atoms with E-state index in [1.54, 1.807) is 12.1 Å². The molecule has 1 unspecified atom stereocenters. The molecule has 1 aliphatic heterocycles. The number of aromatic nitrogens is 2. The van der Waals surface area contributed by atoms with E-state index in [0.29, 0.717) is 24.2 Å². The van der Waals surface area contributed by atoms with Crippen LogP contribution in [-0.4, -0.2) is 57.6 Å². The number of hydrogen-bond acceptors (Lipinski definition) is 5. The summed E-state index contributed by atoms with van der Waals surface area (Å²) < 4.78 is 43.2. The minimum atomic E-state index is -4.71. The van der Waals surface area contributed by atoms with Gasteiger partial charge in [0.25, 0.3) is 5.91 Å². The summed E-state index contributed by atoms with van der Waals surface area (Å²) in [4.78, 5) is 14.9. The number of benzene rings is 1. The summed E-state index contributed by atoms with van der Waals surface area (Å²) in [6, 6.07) is 6.11. The van der Waals surface area contributed by atoms with Crippen molar-refractivity contribution in [2.75, 3.05) is 24.6 Å². The minimum absolute atomic E-state index is 0.00481. The van der Waals surface area contributed by atoms with Crippen molar-refractivity contribution in [3.05, 3.63) is 46.8 Å². The molecule has 2 heterocycles. The zero-order valence-electron chi connectivity index (χ0n) is 17.2. The second-order valence-electron chi connectivity index (χ2n) is 7.82. The number of carbonyl (C=O) groups excluding carboxylic acids is 1. The molecule has 0 spiro atoms. The SMILES string of the molecule is Cn1nc(C(=O)N2CCSCC2)c2c1CCC(NCc1cccc(OC(F)(F)F)c1)C2. The summed E-state index contributed by atoms with van der Waals surface area (Å²) in [6.45, 7) is 1.90. The fourth-order valence-electron chi connectivity index (χ4n) is 4.17. The average molecular weight is 455 g/mol. The van der Waals surface area contributed by atoms with Crippen LogP contribution < -0.4 is 10.1 Å². The number of ether oxygens (including phenoxy) is 1. The minimum Gasteiger partial charge on any atom is -0.406 e. The van der Waals surface area contributed by atoms with Crippen LogP contribution in [-0.2, 0) is 26.4 Å². The van der Waals surface area contributed by atoms with Gasteiger partial charge in [-0.1, -0.05) is 12.1 Å². The number of alkyl halides is 3. The van der Waals surface area contributed by atoms with Crippen LogP contribution in [0.1, 0.15) is 33.7 Å². The monoisotopic (exact) mass is 454 g/mol. The summed E-state index contributed by atoms with van der Waals surface area (Å²) in [5.74, 6) is 1.66. The maximum atomic E-state index is 13.0. The lowest BCUT2D eigenvalue weighted by Gasteiger charge is -2.27. The van der Waals surface area contributed by atoms with Gasteiger partial charge in [0.05, 0.1) is 0 Å². The van der Waals surface area contributed by atoms with Crippen molar-refractivity contribution in [2.45, 2.75) is 38.2 Å². The Labute approximate surface area is 183 Å². The number of nitrogens with one attached hydrogen (secondary N) is 1. The van der Waals surface area contributed by atoms with Gasteiger partial charge < -0.3 is 15.0 Å². The van der Waals surface area contributed by atoms with E-state index in [2.05, 4.69) is 15.2 Å². The molecule has 168 valence electrons. The fraction of sp³-hybridized carbons (Fsp3) is 0.524. The summed E-state index contributed by atoms with van der Waals surface area (Å²) in [6.07, 6.45) is -2.36. The van der Waals surface area contributed by atoms with E-state index in [9.17, 15) is 18.0 Å². The first-order valence-corrected chi connectivity index (χ1v) is 11.5. The highest BCUT2D eigenvalue weighted by atomic mass is 32.2. The highest BCUT2D eigenvalue weighted by Gasteiger charge is 2.32. The lowest BCUT2D eigenvalue weighted by molar-refractivity contribution is -0.274. The molecule has 10 heteroatoms. The maximum absolute atomic E-state index is 13.0. The Hall–Kier alpha value is -2.20. The second kappa shape index (κ2) is 9.12. The molecule has 1 aromatic carbocycles. The normalized spacial score (nSPS) is 19.2. The lowest BCUT2D eigenvalue weighted by Crippen LogP contribution is -2.39. The first kappa shape index (κ1) is 22.0. The predicted molar refractivity (Wildman–Crippen MR) is 112 cm³/mol. The number of hydrogen-bond donors (Lipinski definition) is 1. The summed E-state index contributed by atoms with van der Waals surface area (Å²) in [5, 5.41) is 7.96. The van der Waals surface area contributed by atoms with E-state index < -0.39 is 6.36 Å². The van der Waals surface area contributed by atoms with Crippen LogP contribution in [0.15, 0.2) is 24.3 Å². The van der Waals surface area contributed by atoms with E-state index in [4.69, 9.17) is 0 Å². The van der Waals surface area contributed by atoms with Crippen molar-refractivity contribution in [2.24, 2.45) is 7.05 Å². The molecular weight excluding hydrogens is 429 g/mol. The van der Waals surface area contributed by atoms with Gasteiger partial charge in [0.1, 0.15) is 5.75 Å². The first-order chi connectivity index (χ1) is 14.8. The second-order valence-corrected chi connectivity index (χ2v) is 9.04. The van der Waals surface area contributed by atoms with E-state index >= 15 is 0 Å². The van der Waals surface area contributed by atoms with Crippen LogP contribution in [0.3, 0.4) is 0 Å². The van der Waals surface area contributed by atoms with Crippen LogP contribution in [0.4, 0.5) is 13.2 Å². The van der Waals surface area contributed by atoms with Crippen molar-refractivity contribution in [1.29, 1.82) is 0 Å². The molecule has 1 atom stereocenters. The van der Waals surface area contributed by atoms with E-state index in [1.165, 1.54) is 12.1 Å². The highest BCUT2D eigenvalue weighted by molar-refractivity contribution is 7.99. The topological polar surface area (TPSA) is 59.4 Å². The van der Waals surface area contributed by atoms with Gasteiger partial charge in [0, 0.05) is 55.5 Å². The zero-order valence-corrected chi connectivity index (χ0v) is 18.1. The standard InChI is InChI=1S/C21H25F3N4O2S/c1-27-18-6-5-15(25-13-14-3-2-4-16(11-14)30-21(22,23)24)12-17(18)19(26-27)20(29)28-7-9-31-10-8-28/h2-4,11,15,25H,5-10,12-13H2,1H3. The number of carbonyl (C=O) groups is 1. The molecule has 1 amide bonds. The lowest BCUT2D eigenvalue weighted by atomic mass is 9.91. The smallest absolute Gasteiger partial charge is 0.406 e. The molecule has 0 bridgehead atoms. The number of thioether (sulfide) groups is 1. The Kier molecular flexibility index (Phi) is 6.47. The van der Waals surface area contributed by atoms with Crippen molar-refractivity contribution in [1.82, 2.24) is 20.0 Å². The Morgan fingerprint density at radius 1 is 1.32 bits per heavy atom. The van der Waals surface area contributed by atoms with Crippen molar-refractivity contribution >= 4 is 17.7 Å². The zero-order chi connectivity index (χ0) is 22.0. The Morgan fingerprint density at radius 2 is 2.10 bits per heavy atom. The van der Waals surface area contributed by atoms with Gasteiger partial charge in [-0.25, -0.2) is 0 Å². The molecule has 2 aliphatic rings. The van der Waals surface area contributed by atoms with Gasteiger partial charge in [0.15, 0.2) is 5.69 Å². The molecule has 6 nitrogen and oxygen atoms in total. The quantitative estimate of drug-likeness (QED) is 0.752. The van der Waals surface area contributed by atoms with E-state index in [-0.39, 0.29) is 17.7 Å². The summed E-state index contributed by atoms with van der Waals surface area (Å²) in [5.41, 5.74) is 3.33. The van der Waals surface area contributed by atoms with Gasteiger partial charge in [0.2, 0.25) is 0 Å². The van der Waals surface area contributed by atoms with Crippen LogP contribution in [0, 0.1) is 0 Å². The Balaban J connectivity index is 1.42. The Bertz CT molecular complexity index is 941. The largest absolute Gasteiger partial charge is 0.573 e. The van der Waals surface area contributed by atoms with Crippen LogP contribution in [0.2, 0.25) is 0 Å². The highest BCUT2D eigenvalue weighted by Crippen LogP contribution is 2.27. The third-order valence-corrected chi connectivity index (χ3v) is 6.63. The molecule has 1 aromatic heterocycles. The molecule has 1 saturated heterocycles. The van der Waals surface area contributed by atoms with Crippen LogP contribution in [0.25, 0.3) is 0 Å². The van der Waals surface area contributed by atoms with Gasteiger partial charge >= 0.3 is 6.36 Å². The van der Waals surface area contributed by atoms with Gasteiger partial charge in [-0.15, -0.1) is 13.2 Å². The number of rotatable bonds is 5. The third-order valence-electron chi connectivity index (χ3n) is 5.68. The van der Waals surface area contributed by atoms with Crippen LogP contribution in [0.5, 0.6) is 5.75 Å². The molecule has 0 radical (unpaired) electrons. The Morgan fingerprint density at radius 3 is 2.84 bits per heavy atom. The maximum Gasteiger partial charge on any atom is 0.573 e. The number of fused-ring (bicyclic) bond motifs is 1. The van der Waals surface area contributed by atoms with Gasteiger partial charge in [-0.3, -0.25) is 9.48 Å². The third kappa shape index (κ3) is 5.35. The fourth-order valence-corrected chi connectivity index (χ4v) is 5.07. The molecule has 1 fully saturated rings. The van der Waals surface area contributed by atoms with Crippen molar-refractivity contribution < 1.29 is 22.7 Å². The molecule has 4 rings (SSSR count). The molecule has 0 saturated carbocycles.